The van der Waals surface area contributed by atoms with Crippen molar-refractivity contribution in [2.45, 2.75) is 44.6 Å². The van der Waals surface area contributed by atoms with Gasteiger partial charge in [-0.05, 0) is 45.4 Å². The highest BCUT2D eigenvalue weighted by Gasteiger charge is 2.34. The molecule has 0 spiro atoms. The Kier molecular flexibility index (Phi) is 7.10. The first-order valence-electron chi connectivity index (χ1n) is 7.14. The summed E-state index contributed by atoms with van der Waals surface area (Å²) < 4.78 is 5.21. The number of hydrogen-bond donors (Lipinski definition) is 1. The minimum absolute atomic E-state index is 0.172. The molecule has 0 radical (unpaired) electrons. The second-order valence-corrected chi connectivity index (χ2v) is 6.05. The summed E-state index contributed by atoms with van der Waals surface area (Å²) in [5.74, 6) is 0.492. The van der Waals surface area contributed by atoms with E-state index >= 15 is 0 Å². The van der Waals surface area contributed by atoms with Gasteiger partial charge < -0.3 is 10.1 Å². The fourth-order valence-corrected chi connectivity index (χ4v) is 2.95. The number of benzene rings is 1. The molecule has 1 atom stereocenters. The van der Waals surface area contributed by atoms with E-state index in [-0.39, 0.29) is 5.97 Å². The normalized spacial score (nSPS) is 13.8. The van der Waals surface area contributed by atoms with E-state index in [1.165, 1.54) is 10.5 Å². The first kappa shape index (κ1) is 17.1. The van der Waals surface area contributed by atoms with E-state index < -0.39 is 5.54 Å². The summed E-state index contributed by atoms with van der Waals surface area (Å²) in [5.41, 5.74) is 0.595. The molecular weight excluding hydrogens is 270 g/mol. The molecular formula is C16H25NO2S. The van der Waals surface area contributed by atoms with Crippen molar-refractivity contribution in [2.75, 3.05) is 18.9 Å². The van der Waals surface area contributed by atoms with Crippen LogP contribution in [0.5, 0.6) is 0 Å². The maximum atomic E-state index is 12.2. The van der Waals surface area contributed by atoms with Crippen LogP contribution in [0.3, 0.4) is 0 Å². The molecule has 3 nitrogen and oxygen atoms in total. The highest BCUT2D eigenvalue weighted by Crippen LogP contribution is 2.26. The summed E-state index contributed by atoms with van der Waals surface area (Å²) in [6.07, 6.45) is 0.990. The monoisotopic (exact) mass is 295 g/mol. The van der Waals surface area contributed by atoms with Gasteiger partial charge in [0.1, 0.15) is 5.54 Å². The van der Waals surface area contributed by atoms with Crippen LogP contribution >= 0.6 is 11.8 Å². The van der Waals surface area contributed by atoms with Gasteiger partial charge >= 0.3 is 5.97 Å². The lowest BCUT2D eigenvalue weighted by Gasteiger charge is -2.28. The topological polar surface area (TPSA) is 38.3 Å². The highest BCUT2D eigenvalue weighted by molar-refractivity contribution is 7.99. The third kappa shape index (κ3) is 4.84. The fourth-order valence-electron chi connectivity index (χ4n) is 1.81. The maximum Gasteiger partial charge on any atom is 0.326 e. The molecule has 0 saturated carbocycles. The average molecular weight is 295 g/mol. The van der Waals surface area contributed by atoms with E-state index in [1.54, 1.807) is 11.8 Å². The van der Waals surface area contributed by atoms with Crippen LogP contribution in [0.2, 0.25) is 0 Å². The largest absolute Gasteiger partial charge is 0.465 e. The van der Waals surface area contributed by atoms with E-state index in [2.05, 4.69) is 31.3 Å². The molecule has 1 N–H and O–H groups in total. The van der Waals surface area contributed by atoms with E-state index in [1.807, 2.05) is 26.0 Å². The van der Waals surface area contributed by atoms with Crippen molar-refractivity contribution in [3.05, 3.63) is 29.8 Å². The van der Waals surface area contributed by atoms with E-state index in [0.29, 0.717) is 12.4 Å². The van der Waals surface area contributed by atoms with Gasteiger partial charge in [0, 0.05) is 10.6 Å². The Morgan fingerprint density at radius 1 is 1.35 bits per heavy atom. The van der Waals surface area contributed by atoms with E-state index in [9.17, 15) is 4.79 Å². The summed E-state index contributed by atoms with van der Waals surface area (Å²) in [4.78, 5) is 13.4. The number of carbonyl (C=O) groups is 1. The number of ether oxygens (including phenoxy) is 1. The van der Waals surface area contributed by atoms with Gasteiger partial charge in [-0.3, -0.25) is 4.79 Å². The quantitative estimate of drug-likeness (QED) is 0.589. The first-order chi connectivity index (χ1) is 9.53. The number of rotatable bonds is 8. The highest BCUT2D eigenvalue weighted by atomic mass is 32.2. The number of nitrogens with one attached hydrogen (secondary N) is 1. The molecule has 112 valence electrons. The predicted molar refractivity (Wildman–Crippen MR) is 85.2 cm³/mol. The Balaban J connectivity index is 2.74. The molecule has 0 heterocycles. The third-order valence-corrected chi connectivity index (χ3v) is 4.59. The molecule has 0 aliphatic heterocycles. The number of aryl methyl sites for hydroxylation is 1. The first-order valence-corrected chi connectivity index (χ1v) is 8.12. The van der Waals surface area contributed by atoms with Gasteiger partial charge in [0.2, 0.25) is 0 Å². The fraction of sp³-hybridized carbons (Fsp3) is 0.562. The number of carbonyl (C=O) groups excluding carboxylic acids is 1. The van der Waals surface area contributed by atoms with Gasteiger partial charge in [0.25, 0.3) is 0 Å². The predicted octanol–water partition coefficient (Wildman–Crippen LogP) is 3.41. The van der Waals surface area contributed by atoms with Crippen molar-refractivity contribution in [3.63, 3.8) is 0 Å². The molecule has 0 aliphatic carbocycles. The molecule has 0 aliphatic rings. The average Bonchev–Trinajstić information content (AvgIpc) is 2.44. The van der Waals surface area contributed by atoms with Crippen LogP contribution in [0.25, 0.3) is 0 Å². The molecule has 0 saturated heterocycles. The van der Waals surface area contributed by atoms with Crippen LogP contribution in [-0.4, -0.2) is 30.4 Å². The van der Waals surface area contributed by atoms with Gasteiger partial charge in [0.05, 0.1) is 6.61 Å². The van der Waals surface area contributed by atoms with Crippen molar-refractivity contribution in [1.29, 1.82) is 0 Å². The zero-order valence-corrected chi connectivity index (χ0v) is 13.7. The lowest BCUT2D eigenvalue weighted by atomic mass is 10.1. The van der Waals surface area contributed by atoms with Gasteiger partial charge in [-0.2, -0.15) is 0 Å². The molecule has 4 heteroatoms. The van der Waals surface area contributed by atoms with E-state index in [4.69, 9.17) is 4.74 Å². The minimum Gasteiger partial charge on any atom is -0.465 e. The molecule has 0 aromatic heterocycles. The number of esters is 1. The van der Waals surface area contributed by atoms with Crippen molar-refractivity contribution in [1.82, 2.24) is 5.32 Å². The zero-order valence-electron chi connectivity index (χ0n) is 12.9. The molecule has 1 aromatic rings. The molecule has 0 amide bonds. The second-order valence-electron chi connectivity index (χ2n) is 5.03. The minimum atomic E-state index is -0.640. The Hall–Kier alpha value is -1.00. The van der Waals surface area contributed by atoms with Crippen molar-refractivity contribution in [3.8, 4) is 0 Å². The molecule has 0 bridgehead atoms. The van der Waals surface area contributed by atoms with Crippen LogP contribution in [0.4, 0.5) is 0 Å². The summed E-state index contributed by atoms with van der Waals surface area (Å²) in [7, 11) is 0. The molecule has 0 fully saturated rings. The Morgan fingerprint density at radius 3 is 2.65 bits per heavy atom. The summed E-state index contributed by atoms with van der Waals surface area (Å²) in [5, 5.41) is 3.32. The lowest BCUT2D eigenvalue weighted by Crippen LogP contribution is -2.52. The van der Waals surface area contributed by atoms with Crippen molar-refractivity contribution < 1.29 is 9.53 Å². The van der Waals surface area contributed by atoms with Crippen LogP contribution in [0, 0.1) is 6.92 Å². The maximum absolute atomic E-state index is 12.2. The Labute approximate surface area is 126 Å². The summed E-state index contributed by atoms with van der Waals surface area (Å²) >= 11 is 1.70. The summed E-state index contributed by atoms with van der Waals surface area (Å²) in [6.45, 7) is 9.16. The molecule has 20 heavy (non-hydrogen) atoms. The standard InChI is InChI=1S/C16H25NO2S/c1-5-11-17-16(4,15(18)19-6-2)12-20-14-10-8-7-9-13(14)3/h7-10,17H,5-6,11-12H2,1-4H3. The molecule has 1 unspecified atom stereocenters. The van der Waals surface area contributed by atoms with E-state index in [0.717, 1.165) is 13.0 Å². The van der Waals surface area contributed by atoms with Gasteiger partial charge in [0.15, 0.2) is 0 Å². The van der Waals surface area contributed by atoms with Crippen LogP contribution < -0.4 is 5.32 Å². The van der Waals surface area contributed by atoms with Crippen LogP contribution in [0.1, 0.15) is 32.8 Å². The van der Waals surface area contributed by atoms with Gasteiger partial charge in [-0.1, -0.05) is 25.1 Å². The van der Waals surface area contributed by atoms with Gasteiger partial charge in [-0.25, -0.2) is 0 Å². The Morgan fingerprint density at radius 2 is 2.05 bits per heavy atom. The second kappa shape index (κ2) is 8.32. The smallest absolute Gasteiger partial charge is 0.326 e. The van der Waals surface area contributed by atoms with Crippen LogP contribution in [-0.2, 0) is 9.53 Å². The van der Waals surface area contributed by atoms with Crippen LogP contribution in [0.15, 0.2) is 29.2 Å². The molecule has 1 aromatic carbocycles. The Bertz CT molecular complexity index is 436. The third-order valence-electron chi connectivity index (χ3n) is 3.10. The van der Waals surface area contributed by atoms with Gasteiger partial charge in [-0.15, -0.1) is 11.8 Å². The van der Waals surface area contributed by atoms with Crippen molar-refractivity contribution >= 4 is 17.7 Å². The van der Waals surface area contributed by atoms with Crippen molar-refractivity contribution in [2.24, 2.45) is 0 Å². The molecule has 1 rings (SSSR count). The zero-order chi connectivity index (χ0) is 15.0. The summed E-state index contributed by atoms with van der Waals surface area (Å²) in [6, 6.07) is 8.23. The number of thioether (sulfide) groups is 1. The number of hydrogen-bond acceptors (Lipinski definition) is 4. The SMILES string of the molecule is CCCNC(C)(CSc1ccccc1C)C(=O)OCC. The lowest BCUT2D eigenvalue weighted by molar-refractivity contribution is -0.149.